The standard InChI is InChI=1S/C13H13ClF3NO2/c14-11-4-3-9(10(8-11)2-1-7-19)5-6-18-12(20)13(15,16)17/h1-4,8,19H,5-7H2,(H,18,20)/b2-1+. The Kier molecular flexibility index (Phi) is 6.04. The Morgan fingerprint density at radius 3 is 2.70 bits per heavy atom. The van der Waals surface area contributed by atoms with Gasteiger partial charge >= 0.3 is 12.1 Å². The number of benzene rings is 1. The molecule has 20 heavy (non-hydrogen) atoms. The molecule has 7 heteroatoms. The molecule has 1 aromatic rings. The van der Waals surface area contributed by atoms with Gasteiger partial charge in [-0.25, -0.2) is 0 Å². The second-order valence-corrected chi connectivity index (χ2v) is 4.37. The van der Waals surface area contributed by atoms with Crippen LogP contribution in [0.1, 0.15) is 11.1 Å². The highest BCUT2D eigenvalue weighted by molar-refractivity contribution is 6.30. The predicted molar refractivity (Wildman–Crippen MR) is 70.3 cm³/mol. The maximum Gasteiger partial charge on any atom is 0.471 e. The number of alkyl halides is 3. The summed E-state index contributed by atoms with van der Waals surface area (Å²) in [7, 11) is 0. The fourth-order valence-electron chi connectivity index (χ4n) is 1.54. The summed E-state index contributed by atoms with van der Waals surface area (Å²) in [6.45, 7) is -0.295. The lowest BCUT2D eigenvalue weighted by atomic mass is 10.0. The van der Waals surface area contributed by atoms with Crippen molar-refractivity contribution in [2.75, 3.05) is 13.2 Å². The Balaban J connectivity index is 2.68. The van der Waals surface area contributed by atoms with Crippen molar-refractivity contribution in [3.05, 3.63) is 40.4 Å². The summed E-state index contributed by atoms with van der Waals surface area (Å²) in [5, 5.41) is 11.0. The van der Waals surface area contributed by atoms with Crippen LogP contribution in [0.15, 0.2) is 24.3 Å². The average Bonchev–Trinajstić information content (AvgIpc) is 2.37. The number of hydrogen-bond acceptors (Lipinski definition) is 2. The van der Waals surface area contributed by atoms with E-state index in [2.05, 4.69) is 0 Å². The van der Waals surface area contributed by atoms with Crippen LogP contribution in [-0.2, 0) is 11.2 Å². The van der Waals surface area contributed by atoms with Gasteiger partial charge in [-0.1, -0.05) is 29.8 Å². The van der Waals surface area contributed by atoms with Crippen molar-refractivity contribution in [1.29, 1.82) is 0 Å². The maximum absolute atomic E-state index is 12.0. The fraction of sp³-hybridized carbons (Fsp3) is 0.308. The predicted octanol–water partition coefficient (Wildman–Crippen LogP) is 2.57. The van der Waals surface area contributed by atoms with Crippen molar-refractivity contribution in [3.63, 3.8) is 0 Å². The summed E-state index contributed by atoms with van der Waals surface area (Å²) in [6.07, 6.45) is -1.54. The summed E-state index contributed by atoms with van der Waals surface area (Å²) in [6, 6.07) is 4.91. The van der Waals surface area contributed by atoms with Gasteiger partial charge in [0, 0.05) is 11.6 Å². The Hall–Kier alpha value is -1.53. The fourth-order valence-corrected chi connectivity index (χ4v) is 1.72. The third-order valence-corrected chi connectivity index (χ3v) is 2.68. The van der Waals surface area contributed by atoms with E-state index < -0.39 is 12.1 Å². The number of hydrogen-bond donors (Lipinski definition) is 2. The van der Waals surface area contributed by atoms with Crippen LogP contribution in [0.25, 0.3) is 6.08 Å². The Bertz CT molecular complexity index is 501. The number of amides is 1. The normalized spacial score (nSPS) is 11.8. The molecule has 0 saturated carbocycles. The van der Waals surface area contributed by atoms with Gasteiger partial charge in [0.2, 0.25) is 0 Å². The van der Waals surface area contributed by atoms with Crippen molar-refractivity contribution in [3.8, 4) is 0 Å². The molecule has 1 amide bonds. The molecule has 110 valence electrons. The van der Waals surface area contributed by atoms with Crippen molar-refractivity contribution >= 4 is 23.6 Å². The summed E-state index contributed by atoms with van der Waals surface area (Å²) < 4.78 is 36.0. The van der Waals surface area contributed by atoms with Gasteiger partial charge in [0.1, 0.15) is 0 Å². The van der Waals surface area contributed by atoms with Gasteiger partial charge in [-0.2, -0.15) is 13.2 Å². The lowest BCUT2D eigenvalue weighted by molar-refractivity contribution is -0.173. The first-order valence-corrected chi connectivity index (χ1v) is 6.13. The Morgan fingerprint density at radius 1 is 1.40 bits per heavy atom. The van der Waals surface area contributed by atoms with E-state index in [1.54, 1.807) is 29.6 Å². The van der Waals surface area contributed by atoms with E-state index in [0.717, 1.165) is 5.56 Å². The minimum Gasteiger partial charge on any atom is -0.392 e. The molecule has 0 fully saturated rings. The largest absolute Gasteiger partial charge is 0.471 e. The first-order chi connectivity index (χ1) is 9.34. The number of aliphatic hydroxyl groups excluding tert-OH is 1. The smallest absolute Gasteiger partial charge is 0.392 e. The van der Waals surface area contributed by atoms with Crippen molar-refractivity contribution in [2.45, 2.75) is 12.6 Å². The molecule has 0 aliphatic carbocycles. The lowest BCUT2D eigenvalue weighted by Crippen LogP contribution is -2.37. The van der Waals surface area contributed by atoms with Crippen LogP contribution in [0, 0.1) is 0 Å². The number of halogens is 4. The summed E-state index contributed by atoms with van der Waals surface area (Å²) in [4.78, 5) is 10.7. The Labute approximate surface area is 119 Å². The highest BCUT2D eigenvalue weighted by Crippen LogP contribution is 2.18. The van der Waals surface area contributed by atoms with Gasteiger partial charge in [-0.05, 0) is 29.7 Å². The van der Waals surface area contributed by atoms with Gasteiger partial charge in [0.15, 0.2) is 0 Å². The van der Waals surface area contributed by atoms with E-state index in [1.807, 2.05) is 0 Å². The van der Waals surface area contributed by atoms with E-state index in [0.29, 0.717) is 10.6 Å². The first kappa shape index (κ1) is 16.5. The number of aliphatic hydroxyl groups is 1. The summed E-state index contributed by atoms with van der Waals surface area (Å²) in [5.74, 6) is -1.96. The highest BCUT2D eigenvalue weighted by atomic mass is 35.5. The molecule has 0 heterocycles. The second-order valence-electron chi connectivity index (χ2n) is 3.93. The van der Waals surface area contributed by atoms with E-state index in [1.165, 1.54) is 6.08 Å². The molecule has 0 spiro atoms. The van der Waals surface area contributed by atoms with Crippen LogP contribution in [-0.4, -0.2) is 30.3 Å². The maximum atomic E-state index is 12.0. The minimum atomic E-state index is -4.88. The third kappa shape index (κ3) is 5.22. The summed E-state index contributed by atoms with van der Waals surface area (Å²) in [5.41, 5.74) is 1.41. The molecule has 0 unspecified atom stereocenters. The molecule has 3 nitrogen and oxygen atoms in total. The first-order valence-electron chi connectivity index (χ1n) is 5.75. The molecule has 2 N–H and O–H groups in total. The molecule has 0 aromatic heterocycles. The van der Waals surface area contributed by atoms with E-state index in [4.69, 9.17) is 16.7 Å². The average molecular weight is 308 g/mol. The third-order valence-electron chi connectivity index (χ3n) is 2.45. The molecule has 0 aliphatic heterocycles. The molecule has 0 atom stereocenters. The molecule has 0 saturated heterocycles. The van der Waals surface area contributed by atoms with Crippen LogP contribution in [0.3, 0.4) is 0 Å². The molecule has 0 bridgehead atoms. The number of carbonyl (C=O) groups is 1. The Morgan fingerprint density at radius 2 is 2.10 bits per heavy atom. The lowest BCUT2D eigenvalue weighted by Gasteiger charge is -2.10. The molecule has 1 rings (SSSR count). The van der Waals surface area contributed by atoms with Crippen LogP contribution in [0.2, 0.25) is 5.02 Å². The van der Waals surface area contributed by atoms with Gasteiger partial charge in [0.25, 0.3) is 0 Å². The van der Waals surface area contributed by atoms with E-state index in [-0.39, 0.29) is 19.6 Å². The van der Waals surface area contributed by atoms with Gasteiger partial charge in [-0.3, -0.25) is 4.79 Å². The second kappa shape index (κ2) is 7.31. The van der Waals surface area contributed by atoms with Gasteiger partial charge < -0.3 is 10.4 Å². The zero-order valence-electron chi connectivity index (χ0n) is 10.4. The quantitative estimate of drug-likeness (QED) is 0.878. The van der Waals surface area contributed by atoms with Crippen molar-refractivity contribution < 1.29 is 23.1 Å². The minimum absolute atomic E-state index is 0.139. The molecule has 0 radical (unpaired) electrons. The molecule has 0 aliphatic rings. The zero-order valence-corrected chi connectivity index (χ0v) is 11.1. The van der Waals surface area contributed by atoms with Gasteiger partial charge in [-0.15, -0.1) is 0 Å². The van der Waals surface area contributed by atoms with Crippen LogP contribution in [0.4, 0.5) is 13.2 Å². The SMILES string of the molecule is O=C(NCCc1ccc(Cl)cc1/C=C/CO)C(F)(F)F. The molecule has 1 aromatic carbocycles. The topological polar surface area (TPSA) is 49.3 Å². The monoisotopic (exact) mass is 307 g/mol. The van der Waals surface area contributed by atoms with Crippen LogP contribution >= 0.6 is 11.6 Å². The van der Waals surface area contributed by atoms with Crippen LogP contribution in [0.5, 0.6) is 0 Å². The number of nitrogens with one attached hydrogen (secondary N) is 1. The number of carbonyl (C=O) groups excluding carboxylic acids is 1. The zero-order chi connectivity index (χ0) is 15.2. The van der Waals surface area contributed by atoms with Crippen molar-refractivity contribution in [1.82, 2.24) is 5.32 Å². The van der Waals surface area contributed by atoms with E-state index >= 15 is 0 Å². The van der Waals surface area contributed by atoms with Crippen molar-refractivity contribution in [2.24, 2.45) is 0 Å². The molecular formula is C13H13ClF3NO2. The highest BCUT2D eigenvalue weighted by Gasteiger charge is 2.38. The van der Waals surface area contributed by atoms with Gasteiger partial charge in [0.05, 0.1) is 6.61 Å². The van der Waals surface area contributed by atoms with Crippen LogP contribution < -0.4 is 5.32 Å². The summed E-state index contributed by atoms with van der Waals surface area (Å²) >= 11 is 5.83. The van der Waals surface area contributed by atoms with E-state index in [9.17, 15) is 18.0 Å². The molecular weight excluding hydrogens is 295 g/mol. The number of rotatable bonds is 5.